The number of hydrogen-bond donors (Lipinski definition) is 2. The van der Waals surface area contributed by atoms with Gasteiger partial charge in [-0.1, -0.05) is 12.1 Å². The molecule has 0 fully saturated rings. The summed E-state index contributed by atoms with van der Waals surface area (Å²) in [5.74, 6) is 1.18. The largest absolute Gasteiger partial charge is 0.508 e. The molecule has 5 rings (SSSR count). The summed E-state index contributed by atoms with van der Waals surface area (Å²) >= 11 is 0. The highest BCUT2D eigenvalue weighted by Crippen LogP contribution is 2.24. The quantitative estimate of drug-likeness (QED) is 0.428. The lowest BCUT2D eigenvalue weighted by Crippen LogP contribution is -2.01. The third-order valence-electron chi connectivity index (χ3n) is 5.75. The molecule has 0 aliphatic heterocycles. The lowest BCUT2D eigenvalue weighted by Gasteiger charge is -2.06. The first kappa shape index (κ1) is 18.4. The Balaban J connectivity index is 1.28. The standard InChI is InChI=1S/C25H24N4O/c1-29-13-11-21-17(4-2-6-24(21)29)14-19-10-12-26-25(28-19)7-3-5-18-16-27-23-9-8-20(30)15-22(18)23/h2,4,6,8-13,15-16,27,30H,3,5,7,14H2,1H3. The molecule has 5 heteroatoms. The van der Waals surface area contributed by atoms with Crippen LogP contribution < -0.4 is 0 Å². The van der Waals surface area contributed by atoms with Gasteiger partial charge in [0.2, 0.25) is 0 Å². The molecule has 0 unspecified atom stereocenters. The molecule has 5 nitrogen and oxygen atoms in total. The van der Waals surface area contributed by atoms with Gasteiger partial charge in [0, 0.05) is 66.0 Å². The van der Waals surface area contributed by atoms with E-state index in [1.807, 2.05) is 30.6 Å². The SMILES string of the molecule is Cn1ccc2c(Cc3ccnc(CCCc4c[nH]c5ccc(O)cc45)n3)cccc21. The summed E-state index contributed by atoms with van der Waals surface area (Å²) in [6.07, 6.45) is 9.51. The zero-order valence-corrected chi connectivity index (χ0v) is 17.0. The summed E-state index contributed by atoms with van der Waals surface area (Å²) in [7, 11) is 2.07. The van der Waals surface area contributed by atoms with Crippen LogP contribution in [-0.2, 0) is 26.3 Å². The average molecular weight is 396 g/mol. The lowest BCUT2D eigenvalue weighted by molar-refractivity contribution is 0.476. The van der Waals surface area contributed by atoms with Gasteiger partial charge in [0.05, 0.1) is 0 Å². The van der Waals surface area contributed by atoms with Crippen molar-refractivity contribution in [2.24, 2.45) is 7.05 Å². The van der Waals surface area contributed by atoms with Crippen LogP contribution >= 0.6 is 0 Å². The molecule has 0 atom stereocenters. The molecule has 0 amide bonds. The van der Waals surface area contributed by atoms with E-state index in [4.69, 9.17) is 4.98 Å². The van der Waals surface area contributed by atoms with Crippen LogP contribution in [0.15, 0.2) is 67.1 Å². The molecule has 2 aromatic carbocycles. The van der Waals surface area contributed by atoms with E-state index in [0.717, 1.165) is 48.1 Å². The summed E-state index contributed by atoms with van der Waals surface area (Å²) in [5, 5.41) is 12.1. The van der Waals surface area contributed by atoms with E-state index in [9.17, 15) is 5.11 Å². The van der Waals surface area contributed by atoms with Gasteiger partial charge in [-0.05, 0) is 60.4 Å². The normalized spacial score (nSPS) is 11.5. The fraction of sp³-hybridized carbons (Fsp3) is 0.200. The maximum atomic E-state index is 9.76. The number of phenols is 1. The summed E-state index contributed by atoms with van der Waals surface area (Å²) < 4.78 is 2.15. The van der Waals surface area contributed by atoms with Gasteiger partial charge in [-0.25, -0.2) is 9.97 Å². The third kappa shape index (κ3) is 3.54. The van der Waals surface area contributed by atoms with Crippen molar-refractivity contribution in [1.82, 2.24) is 19.5 Å². The number of hydrogen-bond acceptors (Lipinski definition) is 3. The van der Waals surface area contributed by atoms with Crippen LogP contribution in [-0.4, -0.2) is 24.6 Å². The number of aryl methyl sites for hydroxylation is 3. The number of H-pyrrole nitrogens is 1. The second-order valence-corrected chi connectivity index (χ2v) is 7.81. The van der Waals surface area contributed by atoms with Crippen LogP contribution in [0.1, 0.15) is 29.1 Å². The predicted molar refractivity (Wildman–Crippen MR) is 120 cm³/mol. The molecular weight excluding hydrogens is 372 g/mol. The number of nitrogens with zero attached hydrogens (tertiary/aromatic N) is 3. The molecule has 150 valence electrons. The van der Waals surface area contributed by atoms with Crippen molar-refractivity contribution in [1.29, 1.82) is 0 Å². The molecular formula is C25H24N4O. The lowest BCUT2D eigenvalue weighted by atomic mass is 10.0. The number of aromatic hydroxyl groups is 1. The van der Waals surface area contributed by atoms with Crippen molar-refractivity contribution < 1.29 is 5.11 Å². The van der Waals surface area contributed by atoms with Gasteiger partial charge < -0.3 is 14.7 Å². The Kier molecular flexibility index (Phi) is 4.71. The van der Waals surface area contributed by atoms with Crippen LogP contribution in [0.3, 0.4) is 0 Å². The maximum Gasteiger partial charge on any atom is 0.128 e. The highest BCUT2D eigenvalue weighted by atomic mass is 16.3. The van der Waals surface area contributed by atoms with E-state index in [0.29, 0.717) is 5.75 Å². The van der Waals surface area contributed by atoms with Gasteiger partial charge in [0.15, 0.2) is 0 Å². The second-order valence-electron chi connectivity index (χ2n) is 7.81. The molecule has 5 aromatic rings. The molecule has 0 saturated heterocycles. The van der Waals surface area contributed by atoms with Gasteiger partial charge in [-0.15, -0.1) is 0 Å². The minimum atomic E-state index is 0.299. The van der Waals surface area contributed by atoms with Gasteiger partial charge >= 0.3 is 0 Å². The zero-order chi connectivity index (χ0) is 20.5. The molecule has 0 aliphatic carbocycles. The molecule has 0 spiro atoms. The van der Waals surface area contributed by atoms with Crippen molar-refractivity contribution in [3.05, 3.63) is 89.8 Å². The van der Waals surface area contributed by atoms with Crippen LogP contribution in [0.4, 0.5) is 0 Å². The number of phenolic OH excluding ortho intramolecular Hbond substituents is 1. The minimum Gasteiger partial charge on any atom is -0.508 e. The summed E-state index contributed by atoms with van der Waals surface area (Å²) in [5.41, 5.74) is 5.85. The number of aromatic amines is 1. The van der Waals surface area contributed by atoms with Crippen LogP contribution in [0, 0.1) is 0 Å². The minimum absolute atomic E-state index is 0.299. The highest BCUT2D eigenvalue weighted by Gasteiger charge is 2.08. The van der Waals surface area contributed by atoms with Crippen molar-refractivity contribution in [2.75, 3.05) is 0 Å². The van der Waals surface area contributed by atoms with E-state index >= 15 is 0 Å². The Labute approximate surface area is 175 Å². The zero-order valence-electron chi connectivity index (χ0n) is 17.0. The van der Waals surface area contributed by atoms with Crippen molar-refractivity contribution >= 4 is 21.8 Å². The first-order chi connectivity index (χ1) is 14.7. The smallest absolute Gasteiger partial charge is 0.128 e. The van der Waals surface area contributed by atoms with Crippen LogP contribution in [0.25, 0.3) is 21.8 Å². The Hall–Kier alpha value is -3.60. The van der Waals surface area contributed by atoms with Crippen molar-refractivity contribution in [3.8, 4) is 5.75 Å². The fourth-order valence-electron chi connectivity index (χ4n) is 4.19. The molecule has 0 bridgehead atoms. The van der Waals surface area contributed by atoms with Crippen molar-refractivity contribution in [3.63, 3.8) is 0 Å². The van der Waals surface area contributed by atoms with E-state index < -0.39 is 0 Å². The maximum absolute atomic E-state index is 9.76. The highest BCUT2D eigenvalue weighted by molar-refractivity contribution is 5.85. The Morgan fingerprint density at radius 3 is 2.87 bits per heavy atom. The van der Waals surface area contributed by atoms with E-state index in [1.54, 1.807) is 6.07 Å². The summed E-state index contributed by atoms with van der Waals surface area (Å²) in [6, 6.07) is 16.1. The Morgan fingerprint density at radius 1 is 1.00 bits per heavy atom. The number of aromatic nitrogens is 4. The second kappa shape index (κ2) is 7.67. The summed E-state index contributed by atoms with van der Waals surface area (Å²) in [6.45, 7) is 0. The van der Waals surface area contributed by atoms with E-state index in [1.165, 1.54) is 22.0 Å². The average Bonchev–Trinajstić information content (AvgIpc) is 3.33. The van der Waals surface area contributed by atoms with Crippen LogP contribution in [0.2, 0.25) is 0 Å². The Bertz CT molecular complexity index is 1330. The van der Waals surface area contributed by atoms with Gasteiger partial charge in [-0.3, -0.25) is 0 Å². The number of benzene rings is 2. The molecule has 0 aliphatic rings. The van der Waals surface area contributed by atoms with Gasteiger partial charge in [0.25, 0.3) is 0 Å². The number of nitrogens with one attached hydrogen (secondary N) is 1. The number of fused-ring (bicyclic) bond motifs is 2. The monoisotopic (exact) mass is 396 g/mol. The van der Waals surface area contributed by atoms with E-state index in [2.05, 4.69) is 52.0 Å². The summed E-state index contributed by atoms with van der Waals surface area (Å²) in [4.78, 5) is 12.6. The first-order valence-corrected chi connectivity index (χ1v) is 10.3. The molecule has 30 heavy (non-hydrogen) atoms. The molecule has 2 N–H and O–H groups in total. The molecule has 3 aromatic heterocycles. The third-order valence-corrected chi connectivity index (χ3v) is 5.75. The predicted octanol–water partition coefficient (Wildman–Crippen LogP) is 4.92. The molecule has 3 heterocycles. The topological polar surface area (TPSA) is 66.7 Å². The van der Waals surface area contributed by atoms with Crippen molar-refractivity contribution in [2.45, 2.75) is 25.7 Å². The molecule has 0 saturated carbocycles. The fourth-order valence-corrected chi connectivity index (χ4v) is 4.19. The van der Waals surface area contributed by atoms with Crippen LogP contribution in [0.5, 0.6) is 5.75 Å². The Morgan fingerprint density at radius 2 is 1.93 bits per heavy atom. The van der Waals surface area contributed by atoms with E-state index in [-0.39, 0.29) is 0 Å². The number of rotatable bonds is 6. The first-order valence-electron chi connectivity index (χ1n) is 10.3. The van der Waals surface area contributed by atoms with Gasteiger partial charge in [0.1, 0.15) is 11.6 Å². The molecule has 0 radical (unpaired) electrons. The van der Waals surface area contributed by atoms with Gasteiger partial charge in [-0.2, -0.15) is 0 Å².